The smallest absolute Gasteiger partial charge is 0.310 e. The summed E-state index contributed by atoms with van der Waals surface area (Å²) in [6, 6.07) is 0. The lowest BCUT2D eigenvalue weighted by Crippen LogP contribution is -2.37. The Morgan fingerprint density at radius 2 is 1.24 bits per heavy atom. The molecule has 0 aromatic heterocycles. The molecule has 2 saturated carbocycles. The van der Waals surface area contributed by atoms with Crippen molar-refractivity contribution >= 4 is 11.9 Å². The first kappa shape index (κ1) is 16.3. The first-order valence-corrected chi connectivity index (χ1v) is 8.23. The van der Waals surface area contributed by atoms with E-state index in [1.165, 1.54) is 0 Å². The Morgan fingerprint density at radius 3 is 1.57 bits per heavy atom. The minimum absolute atomic E-state index is 0.192. The lowest BCUT2D eigenvalue weighted by molar-refractivity contribution is -0.164. The minimum atomic E-state index is -0.276. The van der Waals surface area contributed by atoms with Crippen LogP contribution in [0.5, 0.6) is 0 Å². The molecule has 120 valence electrons. The maximum atomic E-state index is 12.4. The van der Waals surface area contributed by atoms with Crippen LogP contribution in [0, 0.1) is 35.5 Å². The van der Waals surface area contributed by atoms with Gasteiger partial charge in [-0.3, -0.25) is 9.59 Å². The van der Waals surface area contributed by atoms with E-state index in [9.17, 15) is 9.59 Å². The van der Waals surface area contributed by atoms with Crippen LogP contribution in [0.25, 0.3) is 0 Å². The largest absolute Gasteiger partial charge is 0.465 e. The molecule has 2 aliphatic rings. The quantitative estimate of drug-likeness (QED) is 0.707. The summed E-state index contributed by atoms with van der Waals surface area (Å²) in [4.78, 5) is 24.7. The topological polar surface area (TPSA) is 52.6 Å². The van der Waals surface area contributed by atoms with Crippen molar-refractivity contribution in [1.82, 2.24) is 0 Å². The highest BCUT2D eigenvalue weighted by atomic mass is 16.5. The van der Waals surface area contributed by atoms with Crippen molar-refractivity contribution in [2.24, 2.45) is 35.5 Å². The van der Waals surface area contributed by atoms with E-state index >= 15 is 0 Å². The Balaban J connectivity index is 2.00. The van der Waals surface area contributed by atoms with Crippen molar-refractivity contribution in [1.29, 1.82) is 0 Å². The molecule has 4 atom stereocenters. The van der Waals surface area contributed by atoms with Crippen LogP contribution < -0.4 is 0 Å². The van der Waals surface area contributed by atoms with Gasteiger partial charge in [0.1, 0.15) is 0 Å². The van der Waals surface area contributed by atoms with Crippen LogP contribution in [-0.2, 0) is 19.1 Å². The van der Waals surface area contributed by atoms with Crippen LogP contribution in [-0.4, -0.2) is 25.2 Å². The average Bonchev–Trinajstić information content (AvgIpc) is 3.02. The number of hydrogen-bond donors (Lipinski definition) is 0. The molecule has 2 bridgehead atoms. The molecule has 2 rings (SSSR count). The van der Waals surface area contributed by atoms with Gasteiger partial charge in [0.25, 0.3) is 0 Å². The molecule has 0 saturated heterocycles. The van der Waals surface area contributed by atoms with E-state index in [0.717, 1.165) is 19.3 Å². The van der Waals surface area contributed by atoms with Gasteiger partial charge in [-0.2, -0.15) is 0 Å². The van der Waals surface area contributed by atoms with Crippen LogP contribution in [0.1, 0.15) is 47.0 Å². The van der Waals surface area contributed by atoms with Gasteiger partial charge < -0.3 is 9.47 Å². The van der Waals surface area contributed by atoms with Crippen molar-refractivity contribution in [3.63, 3.8) is 0 Å². The molecule has 2 fully saturated rings. The van der Waals surface area contributed by atoms with E-state index in [1.54, 1.807) is 0 Å². The third-order valence-corrected chi connectivity index (χ3v) is 4.58. The molecule has 0 aliphatic heterocycles. The first-order valence-electron chi connectivity index (χ1n) is 8.23. The number of fused-ring (bicyclic) bond motifs is 2. The summed E-state index contributed by atoms with van der Waals surface area (Å²) in [7, 11) is 0. The Kier molecular flexibility index (Phi) is 5.28. The summed E-state index contributed by atoms with van der Waals surface area (Å²) in [5.41, 5.74) is 0. The predicted molar refractivity (Wildman–Crippen MR) is 79.4 cm³/mol. The molecule has 2 aliphatic carbocycles. The van der Waals surface area contributed by atoms with Crippen molar-refractivity contribution in [2.45, 2.75) is 47.0 Å². The number of rotatable bonds is 6. The molecule has 0 aromatic carbocycles. The van der Waals surface area contributed by atoms with Gasteiger partial charge in [0.15, 0.2) is 0 Å². The minimum Gasteiger partial charge on any atom is -0.465 e. The molecule has 0 spiro atoms. The van der Waals surface area contributed by atoms with Gasteiger partial charge in [-0.05, 0) is 42.9 Å². The zero-order valence-electron chi connectivity index (χ0n) is 13.6. The van der Waals surface area contributed by atoms with E-state index in [0.29, 0.717) is 36.9 Å². The molecule has 0 amide bonds. The number of hydrogen-bond acceptors (Lipinski definition) is 4. The second kappa shape index (κ2) is 6.80. The Bertz CT molecular complexity index is 352. The standard InChI is InChI=1S/C17H28O4/c1-10(2)8-20-16(18)14-12-5-6-13(7-12)15(14)17(19)21-9-11(3)4/h10-15H,5-9H2,1-4H3. The fourth-order valence-corrected chi connectivity index (χ4v) is 3.66. The van der Waals surface area contributed by atoms with Crippen LogP contribution in [0.4, 0.5) is 0 Å². The van der Waals surface area contributed by atoms with E-state index in [1.807, 2.05) is 27.7 Å². The Morgan fingerprint density at radius 1 is 0.857 bits per heavy atom. The van der Waals surface area contributed by atoms with Crippen molar-refractivity contribution < 1.29 is 19.1 Å². The highest BCUT2D eigenvalue weighted by Crippen LogP contribution is 2.53. The number of carbonyl (C=O) groups is 2. The lowest BCUT2D eigenvalue weighted by Gasteiger charge is -2.28. The summed E-state index contributed by atoms with van der Waals surface area (Å²) in [6.07, 6.45) is 3.06. The molecule has 0 heterocycles. The summed E-state index contributed by atoms with van der Waals surface area (Å²) in [6.45, 7) is 8.93. The predicted octanol–water partition coefficient (Wildman–Crippen LogP) is 3.05. The SMILES string of the molecule is CC(C)COC(=O)C1C2CCC(C2)C1C(=O)OCC(C)C. The van der Waals surface area contributed by atoms with E-state index in [2.05, 4.69) is 0 Å². The Hall–Kier alpha value is -1.06. The Labute approximate surface area is 127 Å². The lowest BCUT2D eigenvalue weighted by atomic mass is 9.79. The zero-order chi connectivity index (χ0) is 15.6. The summed E-state index contributed by atoms with van der Waals surface area (Å²) < 4.78 is 10.8. The van der Waals surface area contributed by atoms with Gasteiger partial charge in [-0.15, -0.1) is 0 Å². The third kappa shape index (κ3) is 3.78. The second-order valence-corrected chi connectivity index (χ2v) is 7.43. The van der Waals surface area contributed by atoms with Crippen molar-refractivity contribution in [3.8, 4) is 0 Å². The maximum absolute atomic E-state index is 12.4. The summed E-state index contributed by atoms with van der Waals surface area (Å²) in [5, 5.41) is 0. The van der Waals surface area contributed by atoms with E-state index < -0.39 is 0 Å². The summed E-state index contributed by atoms with van der Waals surface area (Å²) >= 11 is 0. The third-order valence-electron chi connectivity index (χ3n) is 4.58. The zero-order valence-corrected chi connectivity index (χ0v) is 13.6. The van der Waals surface area contributed by atoms with E-state index in [-0.39, 0.29) is 23.8 Å². The monoisotopic (exact) mass is 296 g/mol. The molecule has 0 radical (unpaired) electrons. The van der Waals surface area contributed by atoms with Gasteiger partial charge >= 0.3 is 11.9 Å². The molecule has 0 N–H and O–H groups in total. The summed E-state index contributed by atoms with van der Waals surface area (Å²) in [5.74, 6) is 0.324. The van der Waals surface area contributed by atoms with Crippen LogP contribution in [0.2, 0.25) is 0 Å². The fourth-order valence-electron chi connectivity index (χ4n) is 3.66. The number of carbonyl (C=O) groups excluding carboxylic acids is 2. The molecule has 0 aromatic rings. The number of ether oxygens (including phenoxy) is 2. The number of esters is 2. The molecular weight excluding hydrogens is 268 g/mol. The van der Waals surface area contributed by atoms with Gasteiger partial charge in [0, 0.05) is 0 Å². The molecular formula is C17H28O4. The maximum Gasteiger partial charge on any atom is 0.310 e. The normalized spacial score (nSPS) is 31.0. The fraction of sp³-hybridized carbons (Fsp3) is 0.882. The van der Waals surface area contributed by atoms with Gasteiger partial charge in [-0.25, -0.2) is 0 Å². The van der Waals surface area contributed by atoms with Crippen LogP contribution >= 0.6 is 0 Å². The van der Waals surface area contributed by atoms with Crippen LogP contribution in [0.3, 0.4) is 0 Å². The van der Waals surface area contributed by atoms with Crippen molar-refractivity contribution in [3.05, 3.63) is 0 Å². The molecule has 4 heteroatoms. The average molecular weight is 296 g/mol. The second-order valence-electron chi connectivity index (χ2n) is 7.43. The molecule has 4 nitrogen and oxygen atoms in total. The van der Waals surface area contributed by atoms with Gasteiger partial charge in [-0.1, -0.05) is 27.7 Å². The van der Waals surface area contributed by atoms with Gasteiger partial charge in [0.2, 0.25) is 0 Å². The highest BCUT2D eigenvalue weighted by molar-refractivity contribution is 5.83. The molecule has 4 unspecified atom stereocenters. The highest BCUT2D eigenvalue weighted by Gasteiger charge is 2.55. The van der Waals surface area contributed by atoms with Crippen LogP contribution in [0.15, 0.2) is 0 Å². The van der Waals surface area contributed by atoms with Crippen molar-refractivity contribution in [2.75, 3.05) is 13.2 Å². The first-order chi connectivity index (χ1) is 9.90. The molecule has 21 heavy (non-hydrogen) atoms. The van der Waals surface area contributed by atoms with E-state index in [4.69, 9.17) is 9.47 Å². The van der Waals surface area contributed by atoms with Gasteiger partial charge in [0.05, 0.1) is 25.0 Å².